The van der Waals surface area contributed by atoms with E-state index in [-0.39, 0.29) is 0 Å². The average Bonchev–Trinajstić information content (AvgIpc) is 3.06. The molecule has 1 N–H and O–H groups in total. The van der Waals surface area contributed by atoms with Gasteiger partial charge in [0.25, 0.3) is 0 Å². The first-order chi connectivity index (χ1) is 6.83. The average molecular weight is 228 g/mol. The highest BCUT2D eigenvalue weighted by atomic mass is 35.5. The van der Waals surface area contributed by atoms with Crippen LogP contribution >= 0.6 is 22.9 Å². The van der Waals surface area contributed by atoms with E-state index in [1.165, 1.54) is 30.7 Å². The summed E-state index contributed by atoms with van der Waals surface area (Å²) in [5.41, 5.74) is 0. The fourth-order valence-electron chi connectivity index (χ4n) is 1.95. The van der Waals surface area contributed by atoms with Crippen LogP contribution < -0.4 is 5.32 Å². The lowest BCUT2D eigenvalue weighted by Gasteiger charge is -1.99. The van der Waals surface area contributed by atoms with Crippen molar-refractivity contribution >= 4 is 22.9 Å². The molecule has 0 radical (unpaired) electrons. The van der Waals surface area contributed by atoms with Crippen molar-refractivity contribution in [3.63, 3.8) is 0 Å². The molecular weight excluding hydrogens is 214 g/mol. The van der Waals surface area contributed by atoms with Crippen molar-refractivity contribution in [3.8, 4) is 0 Å². The zero-order chi connectivity index (χ0) is 9.54. The van der Waals surface area contributed by atoms with Crippen LogP contribution in [0.1, 0.15) is 30.1 Å². The van der Waals surface area contributed by atoms with Crippen LogP contribution in [0.3, 0.4) is 0 Å². The summed E-state index contributed by atoms with van der Waals surface area (Å²) < 4.78 is 0.931. The van der Waals surface area contributed by atoms with Crippen LogP contribution in [-0.2, 0) is 0 Å². The number of rotatable bonds is 4. The van der Waals surface area contributed by atoms with Crippen LogP contribution in [0, 0.1) is 5.92 Å². The molecule has 0 saturated heterocycles. The van der Waals surface area contributed by atoms with Gasteiger partial charge in [-0.2, -0.15) is 0 Å². The minimum atomic E-state index is 0.804. The van der Waals surface area contributed by atoms with E-state index in [2.05, 4.69) is 11.4 Å². The lowest BCUT2D eigenvalue weighted by Crippen LogP contribution is -2.19. The van der Waals surface area contributed by atoms with Crippen molar-refractivity contribution < 1.29 is 0 Å². The van der Waals surface area contributed by atoms with Crippen LogP contribution in [0.2, 0.25) is 4.34 Å². The van der Waals surface area contributed by atoms with E-state index in [9.17, 15) is 0 Å². The van der Waals surface area contributed by atoms with E-state index < -0.39 is 0 Å². The smallest absolute Gasteiger partial charge is 0.0931 e. The van der Waals surface area contributed by atoms with Crippen molar-refractivity contribution in [2.45, 2.75) is 31.2 Å². The quantitative estimate of drug-likeness (QED) is 0.833. The van der Waals surface area contributed by atoms with Crippen LogP contribution in [0.25, 0.3) is 0 Å². The summed E-state index contributed by atoms with van der Waals surface area (Å²) in [7, 11) is 0. The van der Waals surface area contributed by atoms with E-state index in [0.29, 0.717) is 0 Å². The first kappa shape index (κ1) is 9.20. The lowest BCUT2D eigenvalue weighted by molar-refractivity contribution is 0.625. The molecule has 3 rings (SSSR count). The highest BCUT2D eigenvalue weighted by Crippen LogP contribution is 2.50. The van der Waals surface area contributed by atoms with Gasteiger partial charge in [0, 0.05) is 10.9 Å². The molecule has 0 amide bonds. The largest absolute Gasteiger partial charge is 0.314 e. The number of nitrogens with one attached hydrogen (secondary N) is 1. The van der Waals surface area contributed by atoms with Crippen LogP contribution in [0.15, 0.2) is 12.1 Å². The van der Waals surface area contributed by atoms with E-state index >= 15 is 0 Å². The zero-order valence-electron chi connectivity index (χ0n) is 8.00. The summed E-state index contributed by atoms with van der Waals surface area (Å²) in [4.78, 5) is 1.48. The van der Waals surface area contributed by atoms with Gasteiger partial charge >= 0.3 is 0 Å². The third kappa shape index (κ3) is 1.97. The van der Waals surface area contributed by atoms with Crippen LogP contribution in [-0.4, -0.2) is 12.6 Å². The molecule has 0 bridgehead atoms. The summed E-state index contributed by atoms with van der Waals surface area (Å²) in [6.07, 6.45) is 4.14. The number of halogens is 1. The molecule has 0 spiro atoms. The molecule has 1 nitrogen and oxygen atoms in total. The zero-order valence-corrected chi connectivity index (χ0v) is 9.57. The minimum absolute atomic E-state index is 0.804. The normalized spacial score (nSPS) is 30.6. The summed E-state index contributed by atoms with van der Waals surface area (Å²) in [5, 5.41) is 3.60. The van der Waals surface area contributed by atoms with Crippen molar-refractivity contribution in [3.05, 3.63) is 21.3 Å². The second kappa shape index (κ2) is 3.51. The topological polar surface area (TPSA) is 12.0 Å². The van der Waals surface area contributed by atoms with Crippen molar-refractivity contribution in [1.82, 2.24) is 5.32 Å². The monoisotopic (exact) mass is 227 g/mol. The number of hydrogen-bond acceptors (Lipinski definition) is 2. The van der Waals surface area contributed by atoms with E-state index in [1.54, 1.807) is 11.3 Å². The van der Waals surface area contributed by atoms with E-state index in [1.807, 2.05) is 6.07 Å². The Hall–Kier alpha value is -0.0500. The molecule has 76 valence electrons. The Balaban J connectivity index is 1.51. The third-order valence-corrected chi connectivity index (χ3v) is 4.49. The summed E-state index contributed by atoms with van der Waals surface area (Å²) in [6.45, 7) is 1.21. The van der Waals surface area contributed by atoms with Gasteiger partial charge in [0.15, 0.2) is 0 Å². The van der Waals surface area contributed by atoms with Gasteiger partial charge in [-0.25, -0.2) is 0 Å². The van der Waals surface area contributed by atoms with E-state index in [4.69, 9.17) is 11.6 Å². The highest BCUT2D eigenvalue weighted by molar-refractivity contribution is 7.16. The van der Waals surface area contributed by atoms with Crippen LogP contribution in [0.4, 0.5) is 0 Å². The molecule has 2 saturated carbocycles. The third-order valence-electron chi connectivity index (χ3n) is 3.13. The molecule has 2 atom stereocenters. The molecule has 0 aliphatic heterocycles. The Morgan fingerprint density at radius 2 is 2.29 bits per heavy atom. The van der Waals surface area contributed by atoms with Crippen molar-refractivity contribution in [2.75, 3.05) is 6.54 Å². The predicted molar refractivity (Wildman–Crippen MR) is 61.2 cm³/mol. The molecule has 3 heteroatoms. The van der Waals surface area contributed by atoms with Gasteiger partial charge in [-0.3, -0.25) is 0 Å². The Morgan fingerprint density at radius 1 is 1.43 bits per heavy atom. The SMILES string of the molecule is Clc1ccc(C2CC2CNC2CC2)s1. The second-order valence-electron chi connectivity index (χ2n) is 4.43. The maximum Gasteiger partial charge on any atom is 0.0931 e. The van der Waals surface area contributed by atoms with Crippen LogP contribution in [0.5, 0.6) is 0 Å². The number of hydrogen-bond donors (Lipinski definition) is 1. The fraction of sp³-hybridized carbons (Fsp3) is 0.636. The summed E-state index contributed by atoms with van der Waals surface area (Å²) >= 11 is 7.67. The Kier molecular flexibility index (Phi) is 2.31. The van der Waals surface area contributed by atoms with Gasteiger partial charge in [-0.05, 0) is 49.8 Å². The first-order valence-corrected chi connectivity index (χ1v) is 6.51. The molecule has 2 aliphatic rings. The molecule has 14 heavy (non-hydrogen) atoms. The molecule has 0 aromatic carbocycles. The molecular formula is C11H14ClNS. The fourth-order valence-corrected chi connectivity index (χ4v) is 3.22. The van der Waals surface area contributed by atoms with Gasteiger partial charge in [0.05, 0.1) is 4.34 Å². The predicted octanol–water partition coefficient (Wildman–Crippen LogP) is 3.26. The maximum absolute atomic E-state index is 5.92. The van der Waals surface area contributed by atoms with Gasteiger partial charge in [0.1, 0.15) is 0 Å². The van der Waals surface area contributed by atoms with Gasteiger partial charge in [0.2, 0.25) is 0 Å². The minimum Gasteiger partial charge on any atom is -0.314 e. The lowest BCUT2D eigenvalue weighted by atomic mass is 10.2. The summed E-state index contributed by atoms with van der Waals surface area (Å²) in [6, 6.07) is 5.06. The Bertz CT molecular complexity index is 332. The maximum atomic E-state index is 5.92. The van der Waals surface area contributed by atoms with Gasteiger partial charge in [-0.1, -0.05) is 11.6 Å². The first-order valence-electron chi connectivity index (χ1n) is 5.31. The molecule has 1 aromatic heterocycles. The molecule has 1 aromatic rings. The van der Waals surface area contributed by atoms with E-state index in [0.717, 1.165) is 22.2 Å². The Morgan fingerprint density at radius 3 is 2.93 bits per heavy atom. The highest BCUT2D eigenvalue weighted by Gasteiger charge is 2.39. The van der Waals surface area contributed by atoms with Gasteiger partial charge in [-0.15, -0.1) is 11.3 Å². The molecule has 2 aliphatic carbocycles. The number of thiophene rings is 1. The second-order valence-corrected chi connectivity index (χ2v) is 6.17. The standard InChI is InChI=1S/C11H14ClNS/c12-11-4-3-10(14-11)9-5-7(9)6-13-8-1-2-8/h3-4,7-9,13H,1-2,5-6H2. The molecule has 2 unspecified atom stereocenters. The summed E-state index contributed by atoms with van der Waals surface area (Å²) in [5.74, 6) is 1.68. The van der Waals surface area contributed by atoms with Gasteiger partial charge < -0.3 is 5.32 Å². The van der Waals surface area contributed by atoms with Crippen molar-refractivity contribution in [1.29, 1.82) is 0 Å². The molecule has 1 heterocycles. The Labute approximate surface area is 93.5 Å². The van der Waals surface area contributed by atoms with Crippen molar-refractivity contribution in [2.24, 2.45) is 5.92 Å². The molecule has 2 fully saturated rings.